The van der Waals surface area contributed by atoms with Crippen molar-refractivity contribution in [3.05, 3.63) is 0 Å². The lowest BCUT2D eigenvalue weighted by atomic mass is 9.71. The average molecular weight is 236 g/mol. The van der Waals surface area contributed by atoms with Crippen LogP contribution in [-0.4, -0.2) is 18.9 Å². The number of ether oxygens (including phenoxy) is 1. The normalized spacial score (nSPS) is 48.0. The SMILES string of the molecule is COC(=O)C1(C)C[C@@]23CCC[C@@]2(CC(=O)C3)C1. The molecule has 3 atom stereocenters. The number of hydrogen-bond acceptors (Lipinski definition) is 3. The Labute approximate surface area is 102 Å². The standard InChI is InChI=1S/C14H20O3/c1-12(11(16)17-2)8-13-4-3-5-14(13,9-12)7-10(15)6-13/h3-9H2,1-2H3/t12?,13-,14+. The summed E-state index contributed by atoms with van der Waals surface area (Å²) in [5.74, 6) is 0.330. The molecule has 3 saturated carbocycles. The van der Waals surface area contributed by atoms with Gasteiger partial charge in [0.15, 0.2) is 0 Å². The minimum absolute atomic E-state index is 0.0833. The van der Waals surface area contributed by atoms with Gasteiger partial charge in [0.25, 0.3) is 0 Å². The molecule has 3 aliphatic rings. The third-order valence-electron chi connectivity index (χ3n) is 5.64. The second kappa shape index (κ2) is 3.12. The number of rotatable bonds is 1. The van der Waals surface area contributed by atoms with Gasteiger partial charge in [-0.3, -0.25) is 9.59 Å². The highest BCUT2D eigenvalue weighted by Gasteiger charge is 2.69. The van der Waals surface area contributed by atoms with Crippen LogP contribution in [0.3, 0.4) is 0 Å². The molecular formula is C14H20O3. The van der Waals surface area contributed by atoms with Crippen LogP contribution in [0.1, 0.15) is 51.9 Å². The molecular weight excluding hydrogens is 216 g/mol. The van der Waals surface area contributed by atoms with Gasteiger partial charge < -0.3 is 4.74 Å². The van der Waals surface area contributed by atoms with Gasteiger partial charge in [-0.25, -0.2) is 0 Å². The molecule has 0 radical (unpaired) electrons. The van der Waals surface area contributed by atoms with Crippen LogP contribution in [0.4, 0.5) is 0 Å². The number of methoxy groups -OCH3 is 1. The van der Waals surface area contributed by atoms with E-state index < -0.39 is 0 Å². The van der Waals surface area contributed by atoms with Crippen LogP contribution in [0, 0.1) is 16.2 Å². The number of carbonyl (C=O) groups excluding carboxylic acids is 2. The highest BCUT2D eigenvalue weighted by Crippen LogP contribution is 2.74. The van der Waals surface area contributed by atoms with Gasteiger partial charge in [-0.05, 0) is 43.4 Å². The second-order valence-electron chi connectivity index (χ2n) is 6.71. The lowest BCUT2D eigenvalue weighted by Crippen LogP contribution is -2.29. The van der Waals surface area contributed by atoms with Gasteiger partial charge in [-0.1, -0.05) is 6.42 Å². The van der Waals surface area contributed by atoms with Crippen LogP contribution in [-0.2, 0) is 14.3 Å². The molecule has 1 unspecified atom stereocenters. The summed E-state index contributed by atoms with van der Waals surface area (Å²) in [5.41, 5.74) is -0.0874. The lowest BCUT2D eigenvalue weighted by Gasteiger charge is -2.32. The van der Waals surface area contributed by atoms with Crippen molar-refractivity contribution in [1.29, 1.82) is 0 Å². The third-order valence-corrected chi connectivity index (χ3v) is 5.64. The Hall–Kier alpha value is -0.860. The summed E-state index contributed by atoms with van der Waals surface area (Å²) in [4.78, 5) is 23.8. The van der Waals surface area contributed by atoms with Gasteiger partial charge in [-0.15, -0.1) is 0 Å². The molecule has 3 fully saturated rings. The fraction of sp³-hybridized carbons (Fsp3) is 0.857. The van der Waals surface area contributed by atoms with E-state index in [-0.39, 0.29) is 22.2 Å². The van der Waals surface area contributed by atoms with Crippen LogP contribution >= 0.6 is 0 Å². The molecule has 0 amide bonds. The first kappa shape index (κ1) is 11.2. The van der Waals surface area contributed by atoms with Gasteiger partial charge in [-0.2, -0.15) is 0 Å². The van der Waals surface area contributed by atoms with Crippen molar-refractivity contribution in [2.24, 2.45) is 16.2 Å². The maximum atomic E-state index is 12.0. The summed E-state index contributed by atoms with van der Waals surface area (Å²) in [5, 5.41) is 0. The van der Waals surface area contributed by atoms with E-state index in [1.807, 2.05) is 6.92 Å². The van der Waals surface area contributed by atoms with E-state index in [9.17, 15) is 9.59 Å². The number of ketones is 1. The van der Waals surface area contributed by atoms with E-state index in [0.29, 0.717) is 18.6 Å². The van der Waals surface area contributed by atoms with Crippen LogP contribution in [0.15, 0.2) is 0 Å². The van der Waals surface area contributed by atoms with Crippen molar-refractivity contribution < 1.29 is 14.3 Å². The average Bonchev–Trinajstić information content (AvgIpc) is 2.72. The minimum Gasteiger partial charge on any atom is -0.469 e. The number of hydrogen-bond donors (Lipinski definition) is 0. The topological polar surface area (TPSA) is 43.4 Å². The van der Waals surface area contributed by atoms with Crippen molar-refractivity contribution in [3.8, 4) is 0 Å². The monoisotopic (exact) mass is 236 g/mol. The van der Waals surface area contributed by atoms with Gasteiger partial charge in [0.1, 0.15) is 5.78 Å². The highest BCUT2D eigenvalue weighted by atomic mass is 16.5. The predicted octanol–water partition coefficient (Wildman–Crippen LogP) is 2.48. The molecule has 0 aromatic carbocycles. The Morgan fingerprint density at radius 3 is 2.18 bits per heavy atom. The maximum Gasteiger partial charge on any atom is 0.311 e. The molecule has 3 rings (SSSR count). The predicted molar refractivity (Wildman–Crippen MR) is 62.3 cm³/mol. The van der Waals surface area contributed by atoms with Crippen LogP contribution < -0.4 is 0 Å². The van der Waals surface area contributed by atoms with Crippen LogP contribution in [0.2, 0.25) is 0 Å². The lowest BCUT2D eigenvalue weighted by molar-refractivity contribution is -0.152. The molecule has 0 heterocycles. The van der Waals surface area contributed by atoms with E-state index in [2.05, 4.69) is 0 Å². The number of esters is 1. The number of carbonyl (C=O) groups is 2. The van der Waals surface area contributed by atoms with E-state index in [4.69, 9.17) is 4.74 Å². The van der Waals surface area contributed by atoms with E-state index in [0.717, 1.165) is 25.7 Å². The van der Waals surface area contributed by atoms with Crippen molar-refractivity contribution in [2.45, 2.75) is 51.9 Å². The first-order valence-electron chi connectivity index (χ1n) is 6.56. The summed E-state index contributed by atoms with van der Waals surface area (Å²) >= 11 is 0. The van der Waals surface area contributed by atoms with Crippen LogP contribution in [0.5, 0.6) is 0 Å². The maximum absolute atomic E-state index is 12.0. The van der Waals surface area contributed by atoms with Crippen molar-refractivity contribution in [2.75, 3.05) is 7.11 Å². The molecule has 17 heavy (non-hydrogen) atoms. The fourth-order valence-electron chi connectivity index (χ4n) is 5.29. The third kappa shape index (κ3) is 1.23. The Balaban J connectivity index is 1.98. The fourth-order valence-corrected chi connectivity index (χ4v) is 5.29. The smallest absolute Gasteiger partial charge is 0.311 e. The Morgan fingerprint density at radius 2 is 1.71 bits per heavy atom. The Bertz CT molecular complexity index is 376. The first-order valence-corrected chi connectivity index (χ1v) is 6.56. The molecule has 3 aliphatic carbocycles. The number of Topliss-reactive ketones (excluding diaryl/α,β-unsaturated/α-hetero) is 1. The Kier molecular flexibility index (Phi) is 2.06. The molecule has 0 N–H and O–H groups in total. The minimum atomic E-state index is -0.351. The molecule has 0 aromatic rings. The summed E-state index contributed by atoms with van der Waals surface area (Å²) in [6.45, 7) is 2.02. The van der Waals surface area contributed by atoms with Gasteiger partial charge in [0.05, 0.1) is 12.5 Å². The molecule has 3 heteroatoms. The van der Waals surface area contributed by atoms with Crippen molar-refractivity contribution in [3.63, 3.8) is 0 Å². The van der Waals surface area contributed by atoms with Gasteiger partial charge in [0, 0.05) is 12.8 Å². The molecule has 94 valence electrons. The van der Waals surface area contributed by atoms with E-state index in [1.165, 1.54) is 13.5 Å². The molecule has 0 aliphatic heterocycles. The summed E-state index contributed by atoms with van der Waals surface area (Å²) in [6.07, 6.45) is 6.62. The van der Waals surface area contributed by atoms with E-state index in [1.54, 1.807) is 0 Å². The molecule has 0 spiro atoms. The van der Waals surface area contributed by atoms with E-state index >= 15 is 0 Å². The largest absolute Gasteiger partial charge is 0.469 e. The highest BCUT2D eigenvalue weighted by molar-refractivity contribution is 5.85. The summed E-state index contributed by atoms with van der Waals surface area (Å²) in [7, 11) is 1.47. The molecule has 0 bridgehead atoms. The zero-order chi connectivity index (χ0) is 12.3. The van der Waals surface area contributed by atoms with Crippen molar-refractivity contribution in [1.82, 2.24) is 0 Å². The summed E-state index contributed by atoms with van der Waals surface area (Å²) in [6, 6.07) is 0. The second-order valence-corrected chi connectivity index (χ2v) is 6.71. The van der Waals surface area contributed by atoms with Gasteiger partial charge in [0.2, 0.25) is 0 Å². The Morgan fingerprint density at radius 1 is 1.18 bits per heavy atom. The molecule has 3 nitrogen and oxygen atoms in total. The molecule has 0 saturated heterocycles. The summed E-state index contributed by atoms with van der Waals surface area (Å²) < 4.78 is 4.96. The zero-order valence-corrected chi connectivity index (χ0v) is 10.7. The molecule has 0 aromatic heterocycles. The first-order chi connectivity index (χ1) is 7.95. The van der Waals surface area contributed by atoms with Crippen molar-refractivity contribution >= 4 is 11.8 Å². The zero-order valence-electron chi connectivity index (χ0n) is 10.7. The van der Waals surface area contributed by atoms with Gasteiger partial charge >= 0.3 is 5.97 Å². The van der Waals surface area contributed by atoms with Crippen LogP contribution in [0.25, 0.3) is 0 Å². The quantitative estimate of drug-likeness (QED) is 0.657.